The second kappa shape index (κ2) is 5.88. The molecule has 0 aliphatic heterocycles. The molecule has 0 spiro atoms. The van der Waals surface area contributed by atoms with Crippen LogP contribution < -0.4 is 10.1 Å². The van der Waals surface area contributed by atoms with Gasteiger partial charge in [0.25, 0.3) is 0 Å². The van der Waals surface area contributed by atoms with E-state index in [9.17, 15) is 5.11 Å². The van der Waals surface area contributed by atoms with Crippen molar-refractivity contribution >= 4 is 0 Å². The topological polar surface area (TPSA) is 54.4 Å². The van der Waals surface area contributed by atoms with Crippen LogP contribution >= 0.6 is 0 Å². The highest BCUT2D eigenvalue weighted by molar-refractivity contribution is 5.18. The van der Waals surface area contributed by atoms with Gasteiger partial charge in [-0.2, -0.15) is 0 Å². The van der Waals surface area contributed by atoms with Gasteiger partial charge in [-0.3, -0.25) is 0 Å². The summed E-state index contributed by atoms with van der Waals surface area (Å²) in [7, 11) is 0. The van der Waals surface area contributed by atoms with E-state index < -0.39 is 6.10 Å². The zero-order valence-electron chi connectivity index (χ0n) is 12.8. The van der Waals surface area contributed by atoms with E-state index in [2.05, 4.69) is 31.1 Å². The highest BCUT2D eigenvalue weighted by Crippen LogP contribution is 2.18. The minimum Gasteiger partial charge on any atom is -0.472 e. The number of hydrogen-bond donors (Lipinski definition) is 2. The molecule has 0 aliphatic carbocycles. The fraction of sp³-hybridized carbons (Fsp3) is 0.667. The van der Waals surface area contributed by atoms with Gasteiger partial charge < -0.3 is 15.2 Å². The van der Waals surface area contributed by atoms with Crippen LogP contribution in [0.1, 0.15) is 53.3 Å². The molecule has 4 nitrogen and oxygen atoms in total. The van der Waals surface area contributed by atoms with Crippen LogP contribution in [0, 0.1) is 0 Å². The number of hydrogen-bond acceptors (Lipinski definition) is 4. The molecule has 1 heterocycles. The summed E-state index contributed by atoms with van der Waals surface area (Å²) >= 11 is 0. The van der Waals surface area contributed by atoms with Crippen LogP contribution in [0.25, 0.3) is 0 Å². The van der Waals surface area contributed by atoms with E-state index in [4.69, 9.17) is 4.74 Å². The highest BCUT2D eigenvalue weighted by atomic mass is 16.5. The Morgan fingerprint density at radius 2 is 1.84 bits per heavy atom. The summed E-state index contributed by atoms with van der Waals surface area (Å²) in [5.74, 6) is 0.541. The fourth-order valence-electron chi connectivity index (χ4n) is 1.49. The Balaban J connectivity index is 2.70. The van der Waals surface area contributed by atoms with Gasteiger partial charge >= 0.3 is 0 Å². The number of rotatable bonds is 4. The van der Waals surface area contributed by atoms with Gasteiger partial charge in [0, 0.05) is 18.2 Å². The maximum atomic E-state index is 10.1. The van der Waals surface area contributed by atoms with Crippen molar-refractivity contribution in [3.05, 3.63) is 23.9 Å². The molecule has 2 N–H and O–H groups in total. The van der Waals surface area contributed by atoms with Gasteiger partial charge in [0.1, 0.15) is 11.7 Å². The molecule has 0 unspecified atom stereocenters. The Kier molecular flexibility index (Phi) is 4.93. The first kappa shape index (κ1) is 15.9. The van der Waals surface area contributed by atoms with Crippen LogP contribution in [-0.4, -0.2) is 27.8 Å². The molecule has 0 saturated carbocycles. The predicted molar refractivity (Wildman–Crippen MR) is 77.3 cm³/mol. The number of nitrogens with zero attached hydrogens (tertiary/aromatic N) is 1. The molecule has 1 aromatic rings. The Morgan fingerprint density at radius 3 is 2.37 bits per heavy atom. The molecular formula is C15H26N2O2. The van der Waals surface area contributed by atoms with Crippen LogP contribution in [0.15, 0.2) is 18.2 Å². The van der Waals surface area contributed by atoms with E-state index in [0.717, 1.165) is 0 Å². The van der Waals surface area contributed by atoms with Crippen LogP contribution in [0.5, 0.6) is 5.88 Å². The Morgan fingerprint density at radius 1 is 1.21 bits per heavy atom. The largest absolute Gasteiger partial charge is 0.472 e. The number of aliphatic hydroxyl groups is 1. The monoisotopic (exact) mass is 266 g/mol. The average Bonchev–Trinajstić information content (AvgIpc) is 2.23. The Hall–Kier alpha value is -1.13. The lowest BCUT2D eigenvalue weighted by Gasteiger charge is -2.23. The maximum absolute atomic E-state index is 10.1. The lowest BCUT2D eigenvalue weighted by Crippen LogP contribution is -2.38. The molecule has 19 heavy (non-hydrogen) atoms. The average molecular weight is 266 g/mol. The van der Waals surface area contributed by atoms with Crippen LogP contribution in [0.3, 0.4) is 0 Å². The molecule has 108 valence electrons. The summed E-state index contributed by atoms with van der Waals surface area (Å²) in [6.45, 7) is 12.6. The zero-order chi connectivity index (χ0) is 14.7. The molecular weight excluding hydrogens is 240 g/mol. The molecule has 4 heteroatoms. The van der Waals surface area contributed by atoms with Crippen LogP contribution in [-0.2, 0) is 0 Å². The third-order valence-electron chi connectivity index (χ3n) is 2.32. The molecule has 1 atom stereocenters. The number of β-amino-alcohol motifs (C(OH)–C–C–N with tert-alkyl or cyclic N) is 1. The molecule has 0 radical (unpaired) electrons. The minimum atomic E-state index is -0.636. The number of aromatic nitrogens is 1. The SMILES string of the molecule is CC(C)(C)NC[C@@H](O)c1cccc(OC(C)(C)C)n1. The van der Waals surface area contributed by atoms with Gasteiger partial charge in [0.2, 0.25) is 5.88 Å². The second-order valence-corrected chi connectivity index (χ2v) is 6.76. The van der Waals surface area contributed by atoms with Crippen LogP contribution in [0.4, 0.5) is 0 Å². The van der Waals surface area contributed by atoms with Crippen molar-refractivity contribution in [2.45, 2.75) is 58.8 Å². The van der Waals surface area contributed by atoms with Gasteiger partial charge in [-0.25, -0.2) is 4.98 Å². The lowest BCUT2D eigenvalue weighted by atomic mass is 10.1. The van der Waals surface area contributed by atoms with Crippen molar-refractivity contribution in [1.82, 2.24) is 10.3 Å². The van der Waals surface area contributed by atoms with Crippen molar-refractivity contribution < 1.29 is 9.84 Å². The number of pyridine rings is 1. The van der Waals surface area contributed by atoms with Gasteiger partial charge in [-0.1, -0.05) is 6.07 Å². The van der Waals surface area contributed by atoms with Crippen LogP contribution in [0.2, 0.25) is 0 Å². The molecule has 0 fully saturated rings. The van der Waals surface area contributed by atoms with E-state index in [1.165, 1.54) is 0 Å². The van der Waals surface area contributed by atoms with Crippen molar-refractivity contribution in [3.63, 3.8) is 0 Å². The van der Waals surface area contributed by atoms with E-state index in [-0.39, 0.29) is 11.1 Å². The van der Waals surface area contributed by atoms with Crippen molar-refractivity contribution in [3.8, 4) is 5.88 Å². The predicted octanol–water partition coefficient (Wildman–Crippen LogP) is 2.68. The summed E-state index contributed by atoms with van der Waals surface area (Å²) < 4.78 is 5.70. The Labute approximate surface area is 116 Å². The van der Waals surface area contributed by atoms with Gasteiger partial charge in [0.15, 0.2) is 0 Å². The molecule has 0 aromatic carbocycles. The van der Waals surface area contributed by atoms with E-state index in [1.807, 2.05) is 32.9 Å². The third kappa shape index (κ3) is 6.55. The van der Waals surface area contributed by atoms with Gasteiger partial charge in [-0.05, 0) is 47.6 Å². The highest BCUT2D eigenvalue weighted by Gasteiger charge is 2.17. The fourth-order valence-corrected chi connectivity index (χ4v) is 1.49. The molecule has 0 bridgehead atoms. The molecule has 0 saturated heterocycles. The third-order valence-corrected chi connectivity index (χ3v) is 2.32. The number of ether oxygens (including phenoxy) is 1. The summed E-state index contributed by atoms with van der Waals surface area (Å²) in [5.41, 5.74) is 0.305. The first-order chi connectivity index (χ1) is 8.57. The van der Waals surface area contributed by atoms with E-state index in [1.54, 1.807) is 6.07 Å². The van der Waals surface area contributed by atoms with Gasteiger partial charge in [-0.15, -0.1) is 0 Å². The molecule has 0 amide bonds. The zero-order valence-corrected chi connectivity index (χ0v) is 12.8. The lowest BCUT2D eigenvalue weighted by molar-refractivity contribution is 0.119. The second-order valence-electron chi connectivity index (χ2n) is 6.76. The maximum Gasteiger partial charge on any atom is 0.214 e. The van der Waals surface area contributed by atoms with Crippen molar-refractivity contribution in [1.29, 1.82) is 0 Å². The number of aliphatic hydroxyl groups excluding tert-OH is 1. The smallest absolute Gasteiger partial charge is 0.214 e. The first-order valence-corrected chi connectivity index (χ1v) is 6.66. The standard InChI is InChI=1S/C15H26N2O2/c1-14(2,3)16-10-12(18)11-8-7-9-13(17-11)19-15(4,5)6/h7-9,12,16,18H,10H2,1-6H3/t12-/m1/s1. The molecule has 1 rings (SSSR count). The summed E-state index contributed by atoms with van der Waals surface area (Å²) in [6.07, 6.45) is -0.636. The minimum absolute atomic E-state index is 0.0273. The normalized spacial score (nSPS) is 14.3. The quantitative estimate of drug-likeness (QED) is 0.879. The molecule has 0 aliphatic rings. The van der Waals surface area contributed by atoms with Gasteiger partial charge in [0.05, 0.1) is 5.69 Å². The van der Waals surface area contributed by atoms with Crippen molar-refractivity contribution in [2.75, 3.05) is 6.54 Å². The Bertz CT molecular complexity index is 405. The van der Waals surface area contributed by atoms with E-state index in [0.29, 0.717) is 18.1 Å². The first-order valence-electron chi connectivity index (χ1n) is 6.66. The summed E-state index contributed by atoms with van der Waals surface area (Å²) in [5, 5.41) is 13.4. The van der Waals surface area contributed by atoms with Crippen molar-refractivity contribution in [2.24, 2.45) is 0 Å². The summed E-state index contributed by atoms with van der Waals surface area (Å²) in [4.78, 5) is 4.35. The number of nitrogens with one attached hydrogen (secondary N) is 1. The van der Waals surface area contributed by atoms with E-state index >= 15 is 0 Å². The summed E-state index contributed by atoms with van der Waals surface area (Å²) in [6, 6.07) is 5.47. The molecule has 1 aromatic heterocycles.